The SMILES string of the molecule is COc1ccc2c3c1O[C@H]1CC(O)C=CC31CCN(C(=O)NC(C)(C)C)C2. The predicted octanol–water partition coefficient (Wildman–Crippen LogP) is 2.73. The molecule has 0 aromatic heterocycles. The van der Waals surface area contributed by atoms with E-state index in [0.717, 1.165) is 23.3 Å². The smallest absolute Gasteiger partial charge is 0.318 e. The number of benzene rings is 1. The van der Waals surface area contributed by atoms with Gasteiger partial charge >= 0.3 is 6.03 Å². The average molecular weight is 372 g/mol. The van der Waals surface area contributed by atoms with Gasteiger partial charge in [0.2, 0.25) is 0 Å². The van der Waals surface area contributed by atoms with E-state index in [0.29, 0.717) is 25.3 Å². The largest absolute Gasteiger partial charge is 0.493 e. The number of amides is 2. The lowest BCUT2D eigenvalue weighted by Crippen LogP contribution is -2.49. The summed E-state index contributed by atoms with van der Waals surface area (Å²) in [5.74, 6) is 1.47. The molecule has 6 heteroatoms. The number of hydrogen-bond acceptors (Lipinski definition) is 4. The molecule has 2 amide bonds. The van der Waals surface area contributed by atoms with E-state index in [4.69, 9.17) is 9.47 Å². The fourth-order valence-corrected chi connectivity index (χ4v) is 4.51. The zero-order valence-corrected chi connectivity index (χ0v) is 16.4. The first-order chi connectivity index (χ1) is 12.7. The van der Waals surface area contributed by atoms with Gasteiger partial charge in [0.25, 0.3) is 0 Å². The molecule has 2 heterocycles. The zero-order valence-electron chi connectivity index (χ0n) is 16.4. The van der Waals surface area contributed by atoms with Gasteiger partial charge in [0, 0.05) is 30.6 Å². The van der Waals surface area contributed by atoms with E-state index in [1.54, 1.807) is 7.11 Å². The van der Waals surface area contributed by atoms with Crippen molar-refractivity contribution in [3.8, 4) is 11.5 Å². The topological polar surface area (TPSA) is 71.0 Å². The summed E-state index contributed by atoms with van der Waals surface area (Å²) in [6, 6.07) is 3.89. The maximum atomic E-state index is 12.8. The van der Waals surface area contributed by atoms with Crippen LogP contribution in [0.1, 0.15) is 44.7 Å². The Hall–Kier alpha value is -2.21. The first-order valence-electron chi connectivity index (χ1n) is 9.55. The Morgan fingerprint density at radius 3 is 2.89 bits per heavy atom. The number of nitrogens with zero attached hydrogens (tertiary/aromatic N) is 1. The zero-order chi connectivity index (χ0) is 19.4. The molecule has 4 rings (SSSR count). The predicted molar refractivity (Wildman–Crippen MR) is 102 cm³/mol. The number of hydrogen-bond donors (Lipinski definition) is 2. The van der Waals surface area contributed by atoms with Crippen molar-refractivity contribution in [2.24, 2.45) is 0 Å². The van der Waals surface area contributed by atoms with Gasteiger partial charge in [0.15, 0.2) is 11.5 Å². The van der Waals surface area contributed by atoms with E-state index in [-0.39, 0.29) is 23.1 Å². The van der Waals surface area contributed by atoms with Gasteiger partial charge in [-0.15, -0.1) is 0 Å². The van der Waals surface area contributed by atoms with Crippen LogP contribution in [-0.2, 0) is 12.0 Å². The fraction of sp³-hybridized carbons (Fsp3) is 0.571. The molecular formula is C21H28N2O4. The van der Waals surface area contributed by atoms with Crippen molar-refractivity contribution in [1.82, 2.24) is 10.2 Å². The number of carbonyl (C=O) groups is 1. The second-order valence-electron chi connectivity index (χ2n) is 8.79. The van der Waals surface area contributed by atoms with Crippen LogP contribution in [-0.4, -0.2) is 47.4 Å². The molecule has 1 aliphatic carbocycles. The molecule has 1 aromatic rings. The van der Waals surface area contributed by atoms with E-state index >= 15 is 0 Å². The van der Waals surface area contributed by atoms with Crippen LogP contribution in [0.5, 0.6) is 11.5 Å². The minimum absolute atomic E-state index is 0.0549. The number of ether oxygens (including phenoxy) is 2. The summed E-state index contributed by atoms with van der Waals surface area (Å²) in [4.78, 5) is 14.7. The molecule has 27 heavy (non-hydrogen) atoms. The quantitative estimate of drug-likeness (QED) is 0.744. The van der Waals surface area contributed by atoms with Crippen LogP contribution in [0, 0.1) is 0 Å². The third-order valence-electron chi connectivity index (χ3n) is 5.72. The van der Waals surface area contributed by atoms with Crippen LogP contribution in [0.3, 0.4) is 0 Å². The third-order valence-corrected chi connectivity index (χ3v) is 5.72. The van der Waals surface area contributed by atoms with E-state index < -0.39 is 6.10 Å². The highest BCUT2D eigenvalue weighted by Gasteiger charge is 2.53. The summed E-state index contributed by atoms with van der Waals surface area (Å²) >= 11 is 0. The highest BCUT2D eigenvalue weighted by Crippen LogP contribution is 2.55. The normalized spacial score (nSPS) is 28.7. The maximum Gasteiger partial charge on any atom is 0.318 e. The number of aliphatic hydroxyl groups is 1. The number of carbonyl (C=O) groups excluding carboxylic acids is 1. The number of nitrogens with one attached hydrogen (secondary N) is 1. The van der Waals surface area contributed by atoms with Gasteiger partial charge in [-0.2, -0.15) is 0 Å². The van der Waals surface area contributed by atoms with Crippen LogP contribution in [0.2, 0.25) is 0 Å². The molecule has 2 aliphatic heterocycles. The van der Waals surface area contributed by atoms with E-state index in [9.17, 15) is 9.90 Å². The van der Waals surface area contributed by atoms with Gasteiger partial charge in [-0.3, -0.25) is 0 Å². The molecule has 0 fully saturated rings. The van der Waals surface area contributed by atoms with Gasteiger partial charge in [-0.05, 0) is 38.8 Å². The molecule has 0 radical (unpaired) electrons. The van der Waals surface area contributed by atoms with Gasteiger partial charge in [-0.25, -0.2) is 4.79 Å². The van der Waals surface area contributed by atoms with Crippen molar-refractivity contribution in [3.63, 3.8) is 0 Å². The lowest BCUT2D eigenvalue weighted by molar-refractivity contribution is 0.0819. The summed E-state index contributed by atoms with van der Waals surface area (Å²) in [6.07, 6.45) is 4.60. The molecule has 0 saturated heterocycles. The number of urea groups is 1. The van der Waals surface area contributed by atoms with Crippen LogP contribution in [0.4, 0.5) is 4.79 Å². The maximum absolute atomic E-state index is 12.8. The minimum atomic E-state index is -0.507. The molecule has 3 aliphatic rings. The highest BCUT2D eigenvalue weighted by atomic mass is 16.5. The Morgan fingerprint density at radius 1 is 1.41 bits per heavy atom. The van der Waals surface area contributed by atoms with Gasteiger partial charge < -0.3 is 24.8 Å². The number of methoxy groups -OCH3 is 1. The second kappa shape index (κ2) is 6.16. The van der Waals surface area contributed by atoms with Crippen LogP contribution in [0.15, 0.2) is 24.3 Å². The molecule has 2 N–H and O–H groups in total. The molecule has 0 saturated carbocycles. The highest BCUT2D eigenvalue weighted by molar-refractivity contribution is 5.75. The van der Waals surface area contributed by atoms with E-state index in [1.807, 2.05) is 43.9 Å². The van der Waals surface area contributed by atoms with Crippen LogP contribution in [0.25, 0.3) is 0 Å². The molecule has 146 valence electrons. The molecule has 0 bridgehead atoms. The molecule has 6 nitrogen and oxygen atoms in total. The summed E-state index contributed by atoms with van der Waals surface area (Å²) in [5, 5.41) is 13.2. The van der Waals surface area contributed by atoms with Gasteiger partial charge in [-0.1, -0.05) is 18.2 Å². The lowest BCUT2D eigenvalue weighted by atomic mass is 9.69. The Balaban J connectivity index is 1.77. The van der Waals surface area contributed by atoms with Gasteiger partial charge in [0.1, 0.15) is 6.10 Å². The molecule has 1 spiro atoms. The number of rotatable bonds is 1. The van der Waals surface area contributed by atoms with Crippen molar-refractivity contribution < 1.29 is 19.4 Å². The van der Waals surface area contributed by atoms with Crippen LogP contribution >= 0.6 is 0 Å². The Bertz CT molecular complexity index is 798. The van der Waals surface area contributed by atoms with E-state index in [1.165, 1.54) is 0 Å². The molecule has 2 unspecified atom stereocenters. The Labute approximate surface area is 160 Å². The first kappa shape index (κ1) is 18.2. The van der Waals surface area contributed by atoms with Crippen molar-refractivity contribution in [1.29, 1.82) is 0 Å². The molecular weight excluding hydrogens is 344 g/mol. The van der Waals surface area contributed by atoms with Crippen molar-refractivity contribution >= 4 is 6.03 Å². The van der Waals surface area contributed by atoms with Gasteiger partial charge in [0.05, 0.1) is 18.6 Å². The summed E-state index contributed by atoms with van der Waals surface area (Å²) in [7, 11) is 1.64. The average Bonchev–Trinajstić information content (AvgIpc) is 2.81. The summed E-state index contributed by atoms with van der Waals surface area (Å²) < 4.78 is 11.8. The van der Waals surface area contributed by atoms with Crippen molar-refractivity contribution in [2.45, 2.75) is 63.3 Å². The van der Waals surface area contributed by atoms with Crippen molar-refractivity contribution in [2.75, 3.05) is 13.7 Å². The summed E-state index contributed by atoms with van der Waals surface area (Å²) in [6.45, 7) is 7.11. The lowest BCUT2D eigenvalue weighted by Gasteiger charge is -2.36. The Morgan fingerprint density at radius 2 is 2.19 bits per heavy atom. The molecule has 3 atom stereocenters. The number of aliphatic hydroxyl groups excluding tert-OH is 1. The monoisotopic (exact) mass is 372 g/mol. The van der Waals surface area contributed by atoms with E-state index in [2.05, 4.69) is 11.4 Å². The van der Waals surface area contributed by atoms with Crippen LogP contribution < -0.4 is 14.8 Å². The second-order valence-corrected chi connectivity index (χ2v) is 8.79. The van der Waals surface area contributed by atoms with Crippen molar-refractivity contribution in [3.05, 3.63) is 35.4 Å². The molecule has 1 aromatic carbocycles. The third kappa shape index (κ3) is 2.96. The Kier molecular flexibility index (Phi) is 4.14. The first-order valence-corrected chi connectivity index (χ1v) is 9.55. The minimum Gasteiger partial charge on any atom is -0.493 e. The standard InChI is InChI=1S/C21H28N2O4/c1-20(2,3)22-19(25)23-10-9-21-8-7-14(24)11-16(21)27-18-15(26-4)6-5-13(12-23)17(18)21/h5-8,14,16,24H,9-12H2,1-4H3,(H,22,25)/t14?,16-,21?/m0/s1. The fourth-order valence-electron chi connectivity index (χ4n) is 4.51. The summed E-state index contributed by atoms with van der Waals surface area (Å²) in [5.41, 5.74) is 1.58.